The van der Waals surface area contributed by atoms with E-state index in [0.29, 0.717) is 45.6 Å². The van der Waals surface area contributed by atoms with Gasteiger partial charge in [-0.2, -0.15) is 0 Å². The summed E-state index contributed by atoms with van der Waals surface area (Å²) in [5.74, 6) is 0.974. The minimum atomic E-state index is -0.949. The fraction of sp³-hybridized carbons (Fsp3) is 0.214. The lowest BCUT2D eigenvalue weighted by Gasteiger charge is -2.26. The molecule has 0 unspecified atom stereocenters. The van der Waals surface area contributed by atoms with Crippen LogP contribution >= 0.6 is 0 Å². The Bertz CT molecular complexity index is 1500. The van der Waals surface area contributed by atoms with Crippen LogP contribution in [0.1, 0.15) is 22.7 Å². The molecule has 194 valence electrons. The molecule has 0 aliphatic carbocycles. The molecule has 1 saturated heterocycles. The standard InChI is InChI=1S/C28H23NO9/c1-33-18-5-3-4-16(9-18)25(30)23-24(17-10-21(34-2)27-22(11-17)37-14-38-27)29(28(32)26(23)31)12-15-6-7-19-20(8-15)36-13-35-19/h3-11,24,30H,12-14H2,1-2H3/t24-/m0/s1. The van der Waals surface area contributed by atoms with Crippen LogP contribution in [0, 0.1) is 0 Å². The number of methoxy groups -OCH3 is 2. The summed E-state index contributed by atoms with van der Waals surface area (Å²) in [5.41, 5.74) is 1.50. The van der Waals surface area contributed by atoms with Crippen LogP contribution in [0.4, 0.5) is 0 Å². The summed E-state index contributed by atoms with van der Waals surface area (Å²) < 4.78 is 32.8. The molecule has 1 amide bonds. The van der Waals surface area contributed by atoms with Gasteiger partial charge in [-0.1, -0.05) is 18.2 Å². The van der Waals surface area contributed by atoms with Crippen LogP contribution in [-0.2, 0) is 16.1 Å². The van der Waals surface area contributed by atoms with Gasteiger partial charge in [0, 0.05) is 12.1 Å². The summed E-state index contributed by atoms with van der Waals surface area (Å²) in [6.45, 7) is 0.189. The number of amides is 1. The van der Waals surface area contributed by atoms with Gasteiger partial charge in [-0.05, 0) is 47.5 Å². The van der Waals surface area contributed by atoms with Gasteiger partial charge in [0.1, 0.15) is 11.5 Å². The molecule has 1 N–H and O–H groups in total. The fourth-order valence-corrected chi connectivity index (χ4v) is 4.86. The topological polar surface area (TPSA) is 113 Å². The van der Waals surface area contributed by atoms with Crippen molar-refractivity contribution < 1.29 is 43.1 Å². The maximum Gasteiger partial charge on any atom is 0.295 e. The molecule has 10 heteroatoms. The highest BCUT2D eigenvalue weighted by Gasteiger charge is 2.47. The number of ether oxygens (including phenoxy) is 6. The summed E-state index contributed by atoms with van der Waals surface area (Å²) in [6, 6.07) is 14.4. The first-order valence-electron chi connectivity index (χ1n) is 11.8. The van der Waals surface area contributed by atoms with E-state index in [1.54, 1.807) is 54.6 Å². The van der Waals surface area contributed by atoms with E-state index < -0.39 is 17.7 Å². The maximum absolute atomic E-state index is 13.5. The quantitative estimate of drug-likeness (QED) is 0.296. The van der Waals surface area contributed by atoms with E-state index in [-0.39, 0.29) is 31.5 Å². The molecule has 0 radical (unpaired) electrons. The number of benzene rings is 3. The Morgan fingerprint density at radius 3 is 2.53 bits per heavy atom. The van der Waals surface area contributed by atoms with Gasteiger partial charge >= 0.3 is 0 Å². The normalized spacial score (nSPS) is 18.7. The molecule has 3 aliphatic rings. The Kier molecular flexibility index (Phi) is 5.71. The second-order valence-electron chi connectivity index (χ2n) is 8.80. The van der Waals surface area contributed by atoms with Gasteiger partial charge in [-0.3, -0.25) is 9.59 Å². The summed E-state index contributed by atoms with van der Waals surface area (Å²) in [7, 11) is 2.99. The molecule has 3 heterocycles. The molecule has 38 heavy (non-hydrogen) atoms. The van der Waals surface area contributed by atoms with Crippen molar-refractivity contribution >= 4 is 17.4 Å². The molecule has 10 nitrogen and oxygen atoms in total. The summed E-state index contributed by atoms with van der Waals surface area (Å²) in [5, 5.41) is 11.4. The zero-order valence-corrected chi connectivity index (χ0v) is 20.6. The number of rotatable bonds is 6. The number of aliphatic hydroxyl groups excluding tert-OH is 1. The molecular weight excluding hydrogens is 494 g/mol. The molecule has 0 bridgehead atoms. The number of Topliss-reactive ketones (excluding diaryl/α,β-unsaturated/α-hetero) is 1. The van der Waals surface area contributed by atoms with Gasteiger partial charge < -0.3 is 38.4 Å². The van der Waals surface area contributed by atoms with Gasteiger partial charge in [-0.15, -0.1) is 0 Å². The Morgan fingerprint density at radius 1 is 0.921 bits per heavy atom. The molecule has 3 aliphatic heterocycles. The first kappa shape index (κ1) is 23.5. The highest BCUT2D eigenvalue weighted by molar-refractivity contribution is 6.46. The van der Waals surface area contributed by atoms with E-state index >= 15 is 0 Å². The minimum absolute atomic E-state index is 0.0103. The molecular formula is C28H23NO9. The second-order valence-corrected chi connectivity index (χ2v) is 8.80. The van der Waals surface area contributed by atoms with Gasteiger partial charge in [0.15, 0.2) is 23.0 Å². The summed E-state index contributed by atoms with van der Waals surface area (Å²) in [4.78, 5) is 28.3. The van der Waals surface area contributed by atoms with Crippen LogP contribution in [-0.4, -0.2) is 49.5 Å². The molecule has 3 aromatic carbocycles. The minimum Gasteiger partial charge on any atom is -0.507 e. The molecule has 0 saturated carbocycles. The zero-order valence-electron chi connectivity index (χ0n) is 20.6. The lowest BCUT2D eigenvalue weighted by molar-refractivity contribution is -0.140. The third-order valence-electron chi connectivity index (χ3n) is 6.67. The van der Waals surface area contributed by atoms with Gasteiger partial charge in [0.05, 0.1) is 25.8 Å². The van der Waals surface area contributed by atoms with Crippen molar-refractivity contribution in [2.24, 2.45) is 0 Å². The van der Waals surface area contributed by atoms with Gasteiger partial charge in [-0.25, -0.2) is 0 Å². The van der Waals surface area contributed by atoms with Crippen molar-refractivity contribution in [2.45, 2.75) is 12.6 Å². The summed E-state index contributed by atoms with van der Waals surface area (Å²) >= 11 is 0. The van der Waals surface area contributed by atoms with Gasteiger partial charge in [0.2, 0.25) is 19.3 Å². The fourth-order valence-electron chi connectivity index (χ4n) is 4.86. The number of aliphatic hydroxyl groups is 1. The van der Waals surface area contributed by atoms with Crippen molar-refractivity contribution in [3.8, 4) is 34.5 Å². The average molecular weight is 517 g/mol. The van der Waals surface area contributed by atoms with E-state index in [9.17, 15) is 14.7 Å². The number of ketones is 1. The number of likely N-dealkylation sites (tertiary alicyclic amines) is 1. The van der Waals surface area contributed by atoms with Crippen molar-refractivity contribution in [1.29, 1.82) is 0 Å². The van der Waals surface area contributed by atoms with E-state index in [1.807, 2.05) is 0 Å². The number of hydrogen-bond acceptors (Lipinski definition) is 9. The number of hydrogen-bond donors (Lipinski definition) is 1. The van der Waals surface area contributed by atoms with Crippen LogP contribution in [0.15, 0.2) is 60.2 Å². The van der Waals surface area contributed by atoms with Crippen LogP contribution in [0.3, 0.4) is 0 Å². The van der Waals surface area contributed by atoms with Crippen LogP contribution in [0.5, 0.6) is 34.5 Å². The smallest absolute Gasteiger partial charge is 0.295 e. The van der Waals surface area contributed by atoms with Crippen molar-refractivity contribution in [3.05, 3.63) is 76.9 Å². The molecule has 1 fully saturated rings. The maximum atomic E-state index is 13.5. The highest BCUT2D eigenvalue weighted by atomic mass is 16.7. The predicted octanol–water partition coefficient (Wildman–Crippen LogP) is 3.78. The number of carbonyl (C=O) groups excluding carboxylic acids is 2. The number of carbonyl (C=O) groups is 2. The monoisotopic (exact) mass is 517 g/mol. The Morgan fingerprint density at radius 2 is 1.71 bits per heavy atom. The predicted molar refractivity (Wildman–Crippen MR) is 133 cm³/mol. The van der Waals surface area contributed by atoms with Crippen molar-refractivity contribution in [1.82, 2.24) is 4.90 Å². The molecule has 3 aromatic rings. The molecule has 1 atom stereocenters. The Hall–Kier alpha value is -4.86. The van der Waals surface area contributed by atoms with E-state index in [0.717, 1.165) is 5.56 Å². The lowest BCUT2D eigenvalue weighted by atomic mass is 9.94. The van der Waals surface area contributed by atoms with Crippen LogP contribution in [0.25, 0.3) is 5.76 Å². The molecule has 6 rings (SSSR count). The lowest BCUT2D eigenvalue weighted by Crippen LogP contribution is -2.29. The van der Waals surface area contributed by atoms with E-state index in [4.69, 9.17) is 28.4 Å². The van der Waals surface area contributed by atoms with Crippen LogP contribution in [0.2, 0.25) is 0 Å². The largest absolute Gasteiger partial charge is 0.507 e. The summed E-state index contributed by atoms with van der Waals surface area (Å²) in [6.07, 6.45) is 0. The highest BCUT2D eigenvalue weighted by Crippen LogP contribution is 2.48. The number of nitrogens with zero attached hydrogens (tertiary/aromatic N) is 1. The SMILES string of the molecule is COc1cccc(C(O)=C2C(=O)C(=O)N(Cc3ccc4c(c3)OCO4)[C@H]2c2cc(OC)c3c(c2)OCO3)c1. The van der Waals surface area contributed by atoms with E-state index in [2.05, 4.69) is 0 Å². The van der Waals surface area contributed by atoms with Crippen molar-refractivity contribution in [2.75, 3.05) is 27.8 Å². The average Bonchev–Trinajstić information content (AvgIpc) is 3.67. The first-order valence-corrected chi connectivity index (χ1v) is 11.8. The van der Waals surface area contributed by atoms with Crippen molar-refractivity contribution in [3.63, 3.8) is 0 Å². The molecule has 0 aromatic heterocycles. The van der Waals surface area contributed by atoms with E-state index in [1.165, 1.54) is 19.1 Å². The Balaban J connectivity index is 1.50. The second kappa shape index (κ2) is 9.22. The zero-order chi connectivity index (χ0) is 26.4. The third kappa shape index (κ3) is 3.81. The number of fused-ring (bicyclic) bond motifs is 2. The third-order valence-corrected chi connectivity index (χ3v) is 6.67. The first-order chi connectivity index (χ1) is 18.5. The van der Waals surface area contributed by atoms with Crippen LogP contribution < -0.4 is 28.4 Å². The van der Waals surface area contributed by atoms with Gasteiger partial charge in [0.25, 0.3) is 11.7 Å². The molecule has 0 spiro atoms. The Labute approximate surface area is 217 Å².